The molecule has 0 radical (unpaired) electrons. The van der Waals surface area contributed by atoms with Crippen molar-refractivity contribution in [3.63, 3.8) is 0 Å². The first-order valence-electron chi connectivity index (χ1n) is 8.56. The van der Waals surface area contributed by atoms with Crippen molar-refractivity contribution in [1.29, 1.82) is 0 Å². The molecule has 1 aliphatic heterocycles. The van der Waals surface area contributed by atoms with Crippen LogP contribution in [0.5, 0.6) is 0 Å². The Kier molecular flexibility index (Phi) is 8.74. The maximum Gasteiger partial charge on any atom is 0.0462 e. The number of ether oxygens (including phenoxy) is 1. The van der Waals surface area contributed by atoms with E-state index in [1.807, 2.05) is 0 Å². The van der Waals surface area contributed by atoms with Crippen molar-refractivity contribution in [2.75, 3.05) is 33.4 Å². The predicted octanol–water partition coefficient (Wildman–Crippen LogP) is 3.15. The molecule has 0 amide bonds. The van der Waals surface area contributed by atoms with Gasteiger partial charge in [-0.05, 0) is 37.6 Å². The van der Waals surface area contributed by atoms with E-state index in [0.717, 1.165) is 25.0 Å². The summed E-state index contributed by atoms with van der Waals surface area (Å²) < 4.78 is 5.13. The van der Waals surface area contributed by atoms with Crippen molar-refractivity contribution in [3.8, 4) is 0 Å². The van der Waals surface area contributed by atoms with Crippen LogP contribution in [0.15, 0.2) is 0 Å². The summed E-state index contributed by atoms with van der Waals surface area (Å²) >= 11 is 0. The SMILES string of the molecule is CCC(C)C1CN(CCCCCOC)C(C(C)C)CN1. The van der Waals surface area contributed by atoms with E-state index in [9.17, 15) is 0 Å². The number of piperazine rings is 1. The summed E-state index contributed by atoms with van der Waals surface area (Å²) in [5.41, 5.74) is 0. The van der Waals surface area contributed by atoms with E-state index >= 15 is 0 Å². The van der Waals surface area contributed by atoms with Crippen molar-refractivity contribution in [1.82, 2.24) is 10.2 Å². The molecule has 0 aromatic rings. The molecule has 1 fully saturated rings. The lowest BCUT2D eigenvalue weighted by molar-refractivity contribution is 0.0795. The lowest BCUT2D eigenvalue weighted by Gasteiger charge is -2.44. The number of hydrogen-bond donors (Lipinski definition) is 1. The monoisotopic (exact) mass is 284 g/mol. The fourth-order valence-electron chi connectivity index (χ4n) is 3.17. The van der Waals surface area contributed by atoms with Gasteiger partial charge in [0.2, 0.25) is 0 Å². The van der Waals surface area contributed by atoms with Gasteiger partial charge < -0.3 is 10.1 Å². The average Bonchev–Trinajstić information content (AvgIpc) is 2.45. The largest absolute Gasteiger partial charge is 0.385 e. The quantitative estimate of drug-likeness (QED) is 0.658. The summed E-state index contributed by atoms with van der Waals surface area (Å²) in [6.45, 7) is 13.9. The van der Waals surface area contributed by atoms with Crippen LogP contribution in [0.25, 0.3) is 0 Å². The van der Waals surface area contributed by atoms with Crippen LogP contribution in [0.2, 0.25) is 0 Å². The molecule has 0 bridgehead atoms. The summed E-state index contributed by atoms with van der Waals surface area (Å²) in [5, 5.41) is 3.78. The van der Waals surface area contributed by atoms with Crippen molar-refractivity contribution < 1.29 is 4.74 Å². The van der Waals surface area contributed by atoms with Crippen molar-refractivity contribution in [3.05, 3.63) is 0 Å². The van der Waals surface area contributed by atoms with Crippen LogP contribution in [0.3, 0.4) is 0 Å². The van der Waals surface area contributed by atoms with Gasteiger partial charge in [0, 0.05) is 38.9 Å². The van der Waals surface area contributed by atoms with Gasteiger partial charge in [-0.25, -0.2) is 0 Å². The van der Waals surface area contributed by atoms with Gasteiger partial charge in [0.25, 0.3) is 0 Å². The smallest absolute Gasteiger partial charge is 0.0462 e. The molecular weight excluding hydrogens is 248 g/mol. The molecular formula is C17H36N2O. The maximum atomic E-state index is 5.13. The molecule has 0 saturated carbocycles. The molecule has 0 aromatic carbocycles. The van der Waals surface area contributed by atoms with Crippen LogP contribution in [0.1, 0.15) is 53.4 Å². The van der Waals surface area contributed by atoms with Crippen molar-refractivity contribution in [2.24, 2.45) is 11.8 Å². The molecule has 0 aliphatic carbocycles. The van der Waals surface area contributed by atoms with E-state index < -0.39 is 0 Å². The molecule has 20 heavy (non-hydrogen) atoms. The number of hydrogen-bond acceptors (Lipinski definition) is 3. The van der Waals surface area contributed by atoms with Crippen LogP contribution in [-0.4, -0.2) is 50.3 Å². The summed E-state index contributed by atoms with van der Waals surface area (Å²) in [6.07, 6.45) is 5.06. The summed E-state index contributed by atoms with van der Waals surface area (Å²) in [4.78, 5) is 2.74. The van der Waals surface area contributed by atoms with Gasteiger partial charge in [-0.15, -0.1) is 0 Å². The van der Waals surface area contributed by atoms with Gasteiger partial charge in [-0.2, -0.15) is 0 Å². The zero-order chi connectivity index (χ0) is 15.0. The first-order chi connectivity index (χ1) is 9.60. The highest BCUT2D eigenvalue weighted by Gasteiger charge is 2.31. The molecule has 0 spiro atoms. The fourth-order valence-corrected chi connectivity index (χ4v) is 3.17. The van der Waals surface area contributed by atoms with Crippen molar-refractivity contribution >= 4 is 0 Å². The Morgan fingerprint density at radius 1 is 1.20 bits per heavy atom. The lowest BCUT2D eigenvalue weighted by atomic mass is 9.92. The van der Waals surface area contributed by atoms with E-state index in [4.69, 9.17) is 4.74 Å². The van der Waals surface area contributed by atoms with Crippen molar-refractivity contribution in [2.45, 2.75) is 65.5 Å². The Morgan fingerprint density at radius 3 is 2.55 bits per heavy atom. The van der Waals surface area contributed by atoms with Gasteiger partial charge in [0.1, 0.15) is 0 Å². The topological polar surface area (TPSA) is 24.5 Å². The average molecular weight is 284 g/mol. The lowest BCUT2D eigenvalue weighted by Crippen LogP contribution is -2.60. The summed E-state index contributed by atoms with van der Waals surface area (Å²) in [6, 6.07) is 1.38. The van der Waals surface area contributed by atoms with E-state index in [1.165, 1.54) is 38.8 Å². The number of unbranched alkanes of at least 4 members (excludes halogenated alkanes) is 2. The van der Waals surface area contributed by atoms with Gasteiger partial charge in [-0.1, -0.05) is 34.1 Å². The summed E-state index contributed by atoms with van der Waals surface area (Å²) in [7, 11) is 1.79. The van der Waals surface area contributed by atoms with E-state index in [2.05, 4.69) is 37.9 Å². The second kappa shape index (κ2) is 9.75. The third-order valence-electron chi connectivity index (χ3n) is 4.88. The Balaban J connectivity index is 2.42. The number of nitrogens with zero attached hydrogens (tertiary/aromatic N) is 1. The number of nitrogens with one attached hydrogen (secondary N) is 1. The zero-order valence-electron chi connectivity index (χ0n) is 14.3. The second-order valence-electron chi connectivity index (χ2n) is 6.76. The molecule has 3 nitrogen and oxygen atoms in total. The Bertz CT molecular complexity index is 245. The summed E-state index contributed by atoms with van der Waals surface area (Å²) in [5.74, 6) is 1.51. The van der Waals surface area contributed by atoms with Crippen LogP contribution < -0.4 is 5.32 Å². The molecule has 3 heteroatoms. The van der Waals surface area contributed by atoms with E-state index in [-0.39, 0.29) is 0 Å². The molecule has 1 heterocycles. The molecule has 1 saturated heterocycles. The Hall–Kier alpha value is -0.120. The normalized spacial score (nSPS) is 26.1. The molecule has 3 atom stereocenters. The molecule has 1 N–H and O–H groups in total. The minimum absolute atomic E-state index is 0.675. The maximum absolute atomic E-state index is 5.13. The van der Waals surface area contributed by atoms with Gasteiger partial charge >= 0.3 is 0 Å². The number of methoxy groups -OCH3 is 1. The Morgan fingerprint density at radius 2 is 1.95 bits per heavy atom. The minimum atomic E-state index is 0.675. The third-order valence-corrected chi connectivity index (χ3v) is 4.88. The van der Waals surface area contributed by atoms with Gasteiger partial charge in [0.05, 0.1) is 0 Å². The molecule has 1 rings (SSSR count). The minimum Gasteiger partial charge on any atom is -0.385 e. The van der Waals surface area contributed by atoms with Gasteiger partial charge in [-0.3, -0.25) is 4.90 Å². The predicted molar refractivity (Wildman–Crippen MR) is 87.2 cm³/mol. The highest BCUT2D eigenvalue weighted by Crippen LogP contribution is 2.20. The second-order valence-corrected chi connectivity index (χ2v) is 6.76. The van der Waals surface area contributed by atoms with Crippen LogP contribution >= 0.6 is 0 Å². The first kappa shape index (κ1) is 17.9. The molecule has 120 valence electrons. The Labute approximate surface area is 126 Å². The highest BCUT2D eigenvalue weighted by molar-refractivity contribution is 4.89. The molecule has 1 aliphatic rings. The van der Waals surface area contributed by atoms with Crippen LogP contribution in [0.4, 0.5) is 0 Å². The fraction of sp³-hybridized carbons (Fsp3) is 1.00. The van der Waals surface area contributed by atoms with Crippen LogP contribution in [0, 0.1) is 11.8 Å². The standard InChI is InChI=1S/C17H36N2O/c1-6-15(4)16-13-19(10-8-7-9-11-20-5)17(12-18-16)14(2)3/h14-18H,6-13H2,1-5H3. The van der Waals surface area contributed by atoms with Crippen LogP contribution in [-0.2, 0) is 4.74 Å². The van der Waals surface area contributed by atoms with E-state index in [0.29, 0.717) is 12.1 Å². The molecule has 0 aromatic heterocycles. The number of rotatable bonds is 9. The molecule has 3 unspecified atom stereocenters. The zero-order valence-corrected chi connectivity index (χ0v) is 14.3. The first-order valence-corrected chi connectivity index (χ1v) is 8.56. The highest BCUT2D eigenvalue weighted by atomic mass is 16.5. The van der Waals surface area contributed by atoms with Gasteiger partial charge in [0.15, 0.2) is 0 Å². The third kappa shape index (κ3) is 5.71. The van der Waals surface area contributed by atoms with E-state index in [1.54, 1.807) is 7.11 Å².